The van der Waals surface area contributed by atoms with Crippen molar-refractivity contribution in [3.8, 4) is 0 Å². The van der Waals surface area contributed by atoms with E-state index in [0.717, 1.165) is 10.2 Å². The normalized spacial score (nSPS) is 12.7. The van der Waals surface area contributed by atoms with E-state index in [1.165, 1.54) is 6.07 Å². The summed E-state index contributed by atoms with van der Waals surface area (Å²) in [6.07, 6.45) is 0. The lowest BCUT2D eigenvalue weighted by Crippen LogP contribution is -2.25. The van der Waals surface area contributed by atoms with Crippen molar-refractivity contribution in [3.05, 3.63) is 44.3 Å². The Morgan fingerprint density at radius 2 is 2.16 bits per heavy atom. The molecule has 7 heteroatoms. The van der Waals surface area contributed by atoms with Crippen LogP contribution in [0.25, 0.3) is 0 Å². The van der Waals surface area contributed by atoms with Gasteiger partial charge in [0.25, 0.3) is 0 Å². The van der Waals surface area contributed by atoms with Gasteiger partial charge in [-0.2, -0.15) is 0 Å². The van der Waals surface area contributed by atoms with E-state index in [0.29, 0.717) is 16.7 Å². The summed E-state index contributed by atoms with van der Waals surface area (Å²) in [6, 6.07) is 4.58. The predicted molar refractivity (Wildman–Crippen MR) is 78.3 cm³/mol. The summed E-state index contributed by atoms with van der Waals surface area (Å²) < 4.78 is 17.2. The maximum absolute atomic E-state index is 14.1. The molecule has 0 amide bonds. The second-order valence-corrected chi connectivity index (χ2v) is 5.71. The van der Waals surface area contributed by atoms with Gasteiger partial charge >= 0.3 is 0 Å². The third-order valence-electron chi connectivity index (χ3n) is 2.78. The van der Waals surface area contributed by atoms with Gasteiger partial charge in [-0.3, -0.25) is 0 Å². The van der Waals surface area contributed by atoms with Crippen molar-refractivity contribution in [2.45, 2.75) is 13.0 Å². The van der Waals surface area contributed by atoms with Crippen molar-refractivity contribution in [2.75, 3.05) is 6.54 Å². The smallest absolute Gasteiger partial charge is 0.153 e. The minimum atomic E-state index is -0.308. The monoisotopic (exact) mass is 390 g/mol. The summed E-state index contributed by atoms with van der Waals surface area (Å²) in [6.45, 7) is 2.68. The molecule has 1 aromatic heterocycles. The molecule has 0 saturated heterocycles. The third-order valence-corrected chi connectivity index (χ3v) is 3.84. The molecule has 0 aliphatic carbocycles. The maximum Gasteiger partial charge on any atom is 0.153 e. The topological polar surface area (TPSA) is 42.7 Å². The number of aromatic nitrogens is 3. The Labute approximate surface area is 127 Å². The van der Waals surface area contributed by atoms with Crippen molar-refractivity contribution in [1.82, 2.24) is 20.3 Å². The molecule has 0 fully saturated rings. The van der Waals surface area contributed by atoms with Crippen molar-refractivity contribution in [2.24, 2.45) is 7.05 Å². The summed E-state index contributed by atoms with van der Waals surface area (Å²) in [5.41, 5.74) is 1.35. The Morgan fingerprint density at radius 1 is 1.42 bits per heavy atom. The molecule has 0 aliphatic rings. The van der Waals surface area contributed by atoms with Crippen LogP contribution in [-0.4, -0.2) is 21.5 Å². The fourth-order valence-corrected chi connectivity index (χ4v) is 2.87. The lowest BCUT2D eigenvalue weighted by molar-refractivity contribution is 0.529. The van der Waals surface area contributed by atoms with Gasteiger partial charge in [-0.25, -0.2) is 9.07 Å². The lowest BCUT2D eigenvalue weighted by atomic mass is 10.0. The van der Waals surface area contributed by atoms with Gasteiger partial charge < -0.3 is 5.32 Å². The molecular weight excluding hydrogens is 379 g/mol. The molecule has 2 rings (SSSR count). The Morgan fingerprint density at radius 3 is 2.74 bits per heavy atom. The van der Waals surface area contributed by atoms with E-state index in [9.17, 15) is 4.39 Å². The van der Waals surface area contributed by atoms with E-state index in [-0.39, 0.29) is 11.9 Å². The van der Waals surface area contributed by atoms with Crippen LogP contribution >= 0.6 is 31.9 Å². The highest BCUT2D eigenvalue weighted by Crippen LogP contribution is 2.30. The molecule has 102 valence electrons. The molecule has 0 bridgehead atoms. The van der Waals surface area contributed by atoms with E-state index < -0.39 is 0 Å². The molecule has 0 radical (unpaired) electrons. The quantitative estimate of drug-likeness (QED) is 0.870. The second-order valence-electron chi connectivity index (χ2n) is 4.05. The molecule has 1 heterocycles. The first-order chi connectivity index (χ1) is 9.04. The highest BCUT2D eigenvalue weighted by molar-refractivity contribution is 9.10. The highest BCUT2D eigenvalue weighted by atomic mass is 79.9. The van der Waals surface area contributed by atoms with E-state index in [4.69, 9.17) is 0 Å². The minimum absolute atomic E-state index is 0.262. The molecule has 0 spiro atoms. The number of hydrogen-bond donors (Lipinski definition) is 1. The van der Waals surface area contributed by atoms with Gasteiger partial charge in [-0.15, -0.1) is 5.10 Å². The van der Waals surface area contributed by atoms with E-state index in [2.05, 4.69) is 47.5 Å². The van der Waals surface area contributed by atoms with Crippen LogP contribution in [0, 0.1) is 5.82 Å². The van der Waals surface area contributed by atoms with Gasteiger partial charge in [0, 0.05) is 17.1 Å². The largest absolute Gasteiger partial charge is 0.305 e. The average molecular weight is 392 g/mol. The molecular formula is C12H13Br2FN4. The van der Waals surface area contributed by atoms with Crippen molar-refractivity contribution in [1.29, 1.82) is 0 Å². The standard InChI is InChI=1S/C12H13Br2FN4/c1-3-16-10(11-12(14)17-18-19(11)2)8-6-7(13)4-5-9(8)15/h4-6,10,16H,3H2,1-2H3. The number of nitrogens with zero attached hydrogens (tertiary/aromatic N) is 3. The van der Waals surface area contributed by atoms with Crippen molar-refractivity contribution >= 4 is 31.9 Å². The zero-order valence-electron chi connectivity index (χ0n) is 10.5. The van der Waals surface area contributed by atoms with Gasteiger partial charge in [-0.05, 0) is 40.7 Å². The van der Waals surface area contributed by atoms with E-state index in [1.807, 2.05) is 6.92 Å². The van der Waals surface area contributed by atoms with E-state index >= 15 is 0 Å². The van der Waals surface area contributed by atoms with Crippen LogP contribution in [0.2, 0.25) is 0 Å². The van der Waals surface area contributed by atoms with Gasteiger partial charge in [0.2, 0.25) is 0 Å². The Bertz CT molecular complexity index is 566. The Hall–Kier alpha value is -0.790. The molecule has 0 saturated carbocycles. The van der Waals surface area contributed by atoms with Gasteiger partial charge in [0.05, 0.1) is 11.7 Å². The molecule has 19 heavy (non-hydrogen) atoms. The molecule has 0 aliphatic heterocycles. The molecule has 1 N–H and O–H groups in total. The van der Waals surface area contributed by atoms with Crippen LogP contribution in [0.5, 0.6) is 0 Å². The van der Waals surface area contributed by atoms with E-state index in [1.54, 1.807) is 23.9 Å². The number of rotatable bonds is 4. The first-order valence-electron chi connectivity index (χ1n) is 5.78. The van der Waals surface area contributed by atoms with Crippen LogP contribution in [-0.2, 0) is 7.05 Å². The number of halogens is 3. The molecule has 4 nitrogen and oxygen atoms in total. The van der Waals surface area contributed by atoms with Crippen molar-refractivity contribution < 1.29 is 4.39 Å². The van der Waals surface area contributed by atoms with Crippen LogP contribution in [0.15, 0.2) is 27.3 Å². The second kappa shape index (κ2) is 6.11. The summed E-state index contributed by atoms with van der Waals surface area (Å²) in [4.78, 5) is 0. The van der Waals surface area contributed by atoms with Crippen LogP contribution in [0.1, 0.15) is 24.2 Å². The molecule has 1 atom stereocenters. The third kappa shape index (κ3) is 3.04. The zero-order chi connectivity index (χ0) is 14.0. The van der Waals surface area contributed by atoms with Gasteiger partial charge in [0.1, 0.15) is 5.82 Å². The maximum atomic E-state index is 14.1. The number of aryl methyl sites for hydroxylation is 1. The number of benzene rings is 1. The first kappa shape index (κ1) is 14.6. The summed E-state index contributed by atoms with van der Waals surface area (Å²) in [5.74, 6) is -0.262. The summed E-state index contributed by atoms with van der Waals surface area (Å²) in [5, 5.41) is 11.2. The average Bonchev–Trinajstić information content (AvgIpc) is 2.70. The zero-order valence-corrected chi connectivity index (χ0v) is 13.7. The molecule has 2 aromatic rings. The van der Waals surface area contributed by atoms with Gasteiger partial charge in [-0.1, -0.05) is 28.1 Å². The lowest BCUT2D eigenvalue weighted by Gasteiger charge is -2.19. The van der Waals surface area contributed by atoms with Crippen LogP contribution in [0.4, 0.5) is 4.39 Å². The highest BCUT2D eigenvalue weighted by Gasteiger charge is 2.24. The molecule has 1 unspecified atom stereocenters. The predicted octanol–water partition coefficient (Wildman–Crippen LogP) is 3.18. The minimum Gasteiger partial charge on any atom is -0.305 e. The van der Waals surface area contributed by atoms with Crippen LogP contribution < -0.4 is 5.32 Å². The molecule has 1 aromatic carbocycles. The first-order valence-corrected chi connectivity index (χ1v) is 7.36. The Kier molecular flexibility index (Phi) is 4.70. The van der Waals surface area contributed by atoms with Gasteiger partial charge in [0.15, 0.2) is 4.60 Å². The Balaban J connectivity index is 2.54. The number of hydrogen-bond acceptors (Lipinski definition) is 3. The summed E-state index contributed by atoms with van der Waals surface area (Å²) in [7, 11) is 1.79. The van der Waals surface area contributed by atoms with Crippen molar-refractivity contribution in [3.63, 3.8) is 0 Å². The number of nitrogens with one attached hydrogen (secondary N) is 1. The van der Waals surface area contributed by atoms with Crippen LogP contribution in [0.3, 0.4) is 0 Å². The fraction of sp³-hybridized carbons (Fsp3) is 0.333. The fourth-order valence-electron chi connectivity index (χ4n) is 1.94. The summed E-state index contributed by atoms with van der Waals surface area (Å²) >= 11 is 6.73. The SMILES string of the molecule is CCNC(c1cc(Br)ccc1F)c1c(Br)nnn1C.